The van der Waals surface area contributed by atoms with Crippen LogP contribution in [-0.4, -0.2) is 31.3 Å². The molecule has 4 N–H and O–H groups in total. The van der Waals surface area contributed by atoms with Crippen LogP contribution in [0.15, 0.2) is 0 Å². The first-order chi connectivity index (χ1) is 9.60. The molecule has 0 spiro atoms. The quantitative estimate of drug-likeness (QED) is 0.320. The van der Waals surface area contributed by atoms with Gasteiger partial charge in [0.25, 0.3) is 0 Å². The molecule has 0 bridgehead atoms. The van der Waals surface area contributed by atoms with Crippen molar-refractivity contribution >= 4 is 11.9 Å². The molecule has 0 rings (SSSR count). The first kappa shape index (κ1) is 18.9. The molecule has 0 aliphatic heterocycles. The predicted octanol–water partition coefficient (Wildman–Crippen LogP) is 1.46. The molecule has 0 unspecified atom stereocenters. The third-order valence-electron chi connectivity index (χ3n) is 2.76. The Hall–Kier alpha value is -1.14. The summed E-state index contributed by atoms with van der Waals surface area (Å²) in [6.45, 7) is 2.82. The zero-order chi connectivity index (χ0) is 15.2. The van der Waals surface area contributed by atoms with E-state index in [0.29, 0.717) is 25.9 Å². The number of hydrogen-bond donors (Lipinski definition) is 2. The van der Waals surface area contributed by atoms with Crippen LogP contribution in [0, 0.1) is 0 Å². The Bertz CT molecular complexity index is 246. The van der Waals surface area contributed by atoms with Crippen LogP contribution in [0.4, 0.5) is 0 Å². The van der Waals surface area contributed by atoms with E-state index in [1.54, 1.807) is 6.92 Å². The van der Waals surface area contributed by atoms with Crippen LogP contribution in [-0.2, 0) is 19.1 Å². The molecule has 0 atom stereocenters. The van der Waals surface area contributed by atoms with E-state index >= 15 is 0 Å². The molecule has 0 fully saturated rings. The molecular weight excluding hydrogens is 260 g/mol. The average Bonchev–Trinajstić information content (AvgIpc) is 2.39. The van der Waals surface area contributed by atoms with E-state index in [-0.39, 0.29) is 11.9 Å². The minimum absolute atomic E-state index is 0.332. The fourth-order valence-corrected chi connectivity index (χ4v) is 1.69. The van der Waals surface area contributed by atoms with Crippen molar-refractivity contribution < 1.29 is 19.1 Å². The van der Waals surface area contributed by atoms with E-state index in [4.69, 9.17) is 20.9 Å². The lowest BCUT2D eigenvalue weighted by atomic mass is 10.2. The van der Waals surface area contributed by atoms with Gasteiger partial charge in [0.15, 0.2) is 0 Å². The van der Waals surface area contributed by atoms with Gasteiger partial charge in [-0.1, -0.05) is 12.8 Å². The SMILES string of the molecule is CC(OC(=O)CCCCCN)OC(=O)CCCCCN. The summed E-state index contributed by atoms with van der Waals surface area (Å²) in [6, 6.07) is 0. The smallest absolute Gasteiger partial charge is 0.308 e. The van der Waals surface area contributed by atoms with Crippen LogP contribution in [0.1, 0.15) is 58.3 Å². The van der Waals surface area contributed by atoms with Crippen molar-refractivity contribution in [2.24, 2.45) is 11.5 Å². The summed E-state index contributed by atoms with van der Waals surface area (Å²) in [7, 11) is 0. The molecule has 6 heteroatoms. The molecule has 0 saturated carbocycles. The van der Waals surface area contributed by atoms with Gasteiger partial charge in [-0.2, -0.15) is 0 Å². The van der Waals surface area contributed by atoms with E-state index in [9.17, 15) is 9.59 Å². The minimum Gasteiger partial charge on any atom is -0.425 e. The van der Waals surface area contributed by atoms with Crippen molar-refractivity contribution in [2.45, 2.75) is 64.6 Å². The Morgan fingerprint density at radius 3 is 1.55 bits per heavy atom. The van der Waals surface area contributed by atoms with Crippen LogP contribution in [0.25, 0.3) is 0 Å². The van der Waals surface area contributed by atoms with Crippen molar-refractivity contribution in [3.63, 3.8) is 0 Å². The fourth-order valence-electron chi connectivity index (χ4n) is 1.69. The van der Waals surface area contributed by atoms with Crippen molar-refractivity contribution in [2.75, 3.05) is 13.1 Å². The second kappa shape index (κ2) is 12.9. The second-order valence-electron chi connectivity index (χ2n) is 4.75. The maximum Gasteiger partial charge on any atom is 0.308 e. The zero-order valence-corrected chi connectivity index (χ0v) is 12.4. The largest absolute Gasteiger partial charge is 0.425 e. The summed E-state index contributed by atoms with van der Waals surface area (Å²) in [6.07, 6.45) is 4.95. The summed E-state index contributed by atoms with van der Waals surface area (Å²) in [5.74, 6) is -0.684. The van der Waals surface area contributed by atoms with Gasteiger partial charge in [-0.05, 0) is 38.8 Å². The van der Waals surface area contributed by atoms with Gasteiger partial charge in [0, 0.05) is 19.8 Å². The Labute approximate surface area is 121 Å². The predicted molar refractivity (Wildman–Crippen MR) is 76.7 cm³/mol. The number of ether oxygens (including phenoxy) is 2. The average molecular weight is 288 g/mol. The van der Waals surface area contributed by atoms with Crippen LogP contribution in [0.3, 0.4) is 0 Å². The first-order valence-corrected chi connectivity index (χ1v) is 7.39. The van der Waals surface area contributed by atoms with Crippen LogP contribution in [0.5, 0.6) is 0 Å². The van der Waals surface area contributed by atoms with Gasteiger partial charge >= 0.3 is 11.9 Å². The topological polar surface area (TPSA) is 105 Å². The van der Waals surface area contributed by atoms with E-state index in [0.717, 1.165) is 38.5 Å². The third-order valence-corrected chi connectivity index (χ3v) is 2.76. The number of nitrogens with two attached hydrogens (primary N) is 2. The number of carbonyl (C=O) groups is 2. The summed E-state index contributed by atoms with van der Waals surface area (Å²) >= 11 is 0. The fraction of sp³-hybridized carbons (Fsp3) is 0.857. The van der Waals surface area contributed by atoms with Crippen molar-refractivity contribution in [3.05, 3.63) is 0 Å². The number of esters is 2. The molecule has 0 aromatic carbocycles. The highest BCUT2D eigenvalue weighted by Gasteiger charge is 2.13. The molecule has 0 saturated heterocycles. The lowest BCUT2D eigenvalue weighted by molar-refractivity contribution is -0.184. The summed E-state index contributed by atoms with van der Waals surface area (Å²) < 4.78 is 9.99. The van der Waals surface area contributed by atoms with Gasteiger partial charge in [-0.25, -0.2) is 0 Å². The molecule has 20 heavy (non-hydrogen) atoms. The highest BCUT2D eigenvalue weighted by atomic mass is 16.7. The van der Waals surface area contributed by atoms with Crippen LogP contribution in [0.2, 0.25) is 0 Å². The van der Waals surface area contributed by atoms with E-state index < -0.39 is 6.29 Å². The van der Waals surface area contributed by atoms with Crippen molar-refractivity contribution in [1.29, 1.82) is 0 Å². The van der Waals surface area contributed by atoms with Gasteiger partial charge in [0.1, 0.15) is 0 Å². The van der Waals surface area contributed by atoms with Crippen LogP contribution < -0.4 is 11.5 Å². The highest BCUT2D eigenvalue weighted by Crippen LogP contribution is 2.06. The van der Waals surface area contributed by atoms with Gasteiger partial charge in [0.05, 0.1) is 0 Å². The third kappa shape index (κ3) is 11.9. The van der Waals surface area contributed by atoms with E-state index in [2.05, 4.69) is 0 Å². The maximum atomic E-state index is 11.4. The van der Waals surface area contributed by atoms with Gasteiger partial charge in [-0.3, -0.25) is 9.59 Å². The molecule has 0 aliphatic carbocycles. The standard InChI is InChI=1S/C14H28N2O4/c1-12(19-13(17)8-4-2-6-10-15)20-14(18)9-5-3-7-11-16/h12H,2-11,15-16H2,1H3. The lowest BCUT2D eigenvalue weighted by Gasteiger charge is -2.14. The van der Waals surface area contributed by atoms with Gasteiger partial charge in [-0.15, -0.1) is 0 Å². The molecule has 0 heterocycles. The van der Waals surface area contributed by atoms with E-state index in [1.165, 1.54) is 0 Å². The normalized spacial score (nSPS) is 10.6. The number of rotatable bonds is 12. The van der Waals surface area contributed by atoms with Gasteiger partial charge < -0.3 is 20.9 Å². The number of hydrogen-bond acceptors (Lipinski definition) is 6. The van der Waals surface area contributed by atoms with Crippen LogP contribution >= 0.6 is 0 Å². The molecular formula is C14H28N2O4. The lowest BCUT2D eigenvalue weighted by Crippen LogP contribution is -2.21. The van der Waals surface area contributed by atoms with Crippen molar-refractivity contribution in [3.8, 4) is 0 Å². The molecule has 118 valence electrons. The Morgan fingerprint density at radius 2 is 1.20 bits per heavy atom. The molecule has 0 aliphatic rings. The number of unbranched alkanes of at least 4 members (excludes halogenated alkanes) is 4. The molecule has 0 aromatic rings. The number of carbonyl (C=O) groups excluding carboxylic acids is 2. The molecule has 0 aromatic heterocycles. The van der Waals surface area contributed by atoms with Gasteiger partial charge in [0.2, 0.25) is 6.29 Å². The summed E-state index contributed by atoms with van der Waals surface area (Å²) in [5, 5.41) is 0. The Balaban J connectivity index is 3.61. The maximum absolute atomic E-state index is 11.4. The zero-order valence-electron chi connectivity index (χ0n) is 12.4. The van der Waals surface area contributed by atoms with Crippen molar-refractivity contribution in [1.82, 2.24) is 0 Å². The van der Waals surface area contributed by atoms with E-state index in [1.807, 2.05) is 0 Å². The molecule has 0 radical (unpaired) electrons. The highest BCUT2D eigenvalue weighted by molar-refractivity contribution is 5.71. The summed E-state index contributed by atoms with van der Waals surface area (Å²) in [5.41, 5.74) is 10.7. The monoisotopic (exact) mass is 288 g/mol. The molecule has 6 nitrogen and oxygen atoms in total. The molecule has 0 amide bonds. The Kier molecular flexibility index (Phi) is 12.1. The first-order valence-electron chi connectivity index (χ1n) is 7.39. The summed E-state index contributed by atoms with van der Waals surface area (Å²) in [4.78, 5) is 22.9. The second-order valence-corrected chi connectivity index (χ2v) is 4.75. The Morgan fingerprint density at radius 1 is 0.800 bits per heavy atom. The minimum atomic E-state index is -0.820.